The molecule has 0 bridgehead atoms. The predicted octanol–water partition coefficient (Wildman–Crippen LogP) is 2.20. The van der Waals surface area contributed by atoms with Crippen molar-refractivity contribution in [1.82, 2.24) is 0 Å². The lowest BCUT2D eigenvalue weighted by molar-refractivity contribution is 0.576. The van der Waals surface area contributed by atoms with Crippen LogP contribution < -0.4 is 11.5 Å². The lowest BCUT2D eigenvalue weighted by Gasteiger charge is -2.20. The molecule has 2 heteroatoms. The Morgan fingerprint density at radius 3 is 2.20 bits per heavy atom. The summed E-state index contributed by atoms with van der Waals surface area (Å²) in [6.07, 6.45) is 0. The summed E-state index contributed by atoms with van der Waals surface area (Å²) in [5.41, 5.74) is 14.3. The molecule has 0 aliphatic carbocycles. The van der Waals surface area contributed by atoms with E-state index in [1.165, 1.54) is 11.1 Å². The molecule has 2 atom stereocenters. The van der Waals surface area contributed by atoms with Crippen LogP contribution in [0.4, 0.5) is 0 Å². The van der Waals surface area contributed by atoms with Gasteiger partial charge in [-0.3, -0.25) is 0 Å². The van der Waals surface area contributed by atoms with Gasteiger partial charge in [0.2, 0.25) is 0 Å². The van der Waals surface area contributed by atoms with Crippen LogP contribution in [0.15, 0.2) is 24.3 Å². The van der Waals surface area contributed by atoms with Crippen LogP contribution in [-0.2, 0) is 0 Å². The first kappa shape index (κ1) is 12.2. The van der Waals surface area contributed by atoms with E-state index < -0.39 is 0 Å². The summed E-state index contributed by atoms with van der Waals surface area (Å²) in [6, 6.07) is 8.70. The van der Waals surface area contributed by atoms with E-state index >= 15 is 0 Å². The third-order valence-electron chi connectivity index (χ3n) is 2.89. The Kier molecular flexibility index (Phi) is 4.30. The molecule has 0 saturated carbocycles. The molecule has 1 aromatic carbocycles. The van der Waals surface area contributed by atoms with E-state index in [1.54, 1.807) is 0 Å². The number of nitrogens with two attached hydrogens (primary N) is 2. The molecule has 4 N–H and O–H groups in total. The van der Waals surface area contributed by atoms with Crippen LogP contribution in [0.5, 0.6) is 0 Å². The first-order valence-electron chi connectivity index (χ1n) is 5.61. The van der Waals surface area contributed by atoms with Crippen molar-refractivity contribution in [3.05, 3.63) is 35.4 Å². The highest BCUT2D eigenvalue weighted by molar-refractivity contribution is 5.29. The maximum atomic E-state index is 5.93. The highest BCUT2D eigenvalue weighted by atomic mass is 14.7. The van der Waals surface area contributed by atoms with Crippen LogP contribution in [0.25, 0.3) is 0 Å². The van der Waals surface area contributed by atoms with Gasteiger partial charge in [-0.15, -0.1) is 0 Å². The lowest BCUT2D eigenvalue weighted by atomic mass is 9.90. The van der Waals surface area contributed by atoms with E-state index in [1.807, 2.05) is 6.92 Å². The monoisotopic (exact) mass is 206 g/mol. The molecule has 0 radical (unpaired) electrons. The van der Waals surface area contributed by atoms with E-state index in [0.717, 1.165) is 0 Å². The molecule has 0 spiro atoms. The van der Waals surface area contributed by atoms with Crippen molar-refractivity contribution in [1.29, 1.82) is 0 Å². The lowest BCUT2D eigenvalue weighted by Crippen LogP contribution is -2.30. The van der Waals surface area contributed by atoms with Crippen LogP contribution in [0.2, 0.25) is 0 Å². The first-order valence-corrected chi connectivity index (χ1v) is 5.61. The standard InChI is InChI=1S/C13H22N2/c1-9(2)11-5-4-6-12(7-11)13(8-14)10(3)15/h4-7,9-10,13H,8,14-15H2,1-3H3. The van der Waals surface area contributed by atoms with Crippen molar-refractivity contribution in [3.63, 3.8) is 0 Å². The average Bonchev–Trinajstić information content (AvgIpc) is 2.18. The predicted molar refractivity (Wildman–Crippen MR) is 66.0 cm³/mol. The first-order chi connectivity index (χ1) is 7.06. The summed E-state index contributed by atoms with van der Waals surface area (Å²) in [4.78, 5) is 0. The smallest absolute Gasteiger partial charge is 0.0110 e. The fourth-order valence-electron chi connectivity index (χ4n) is 1.80. The molecular weight excluding hydrogens is 184 g/mol. The number of rotatable bonds is 4. The zero-order valence-corrected chi connectivity index (χ0v) is 9.90. The molecule has 1 aromatic rings. The minimum atomic E-state index is 0.109. The van der Waals surface area contributed by atoms with Gasteiger partial charge in [-0.2, -0.15) is 0 Å². The summed E-state index contributed by atoms with van der Waals surface area (Å²) in [7, 11) is 0. The SMILES string of the molecule is CC(C)c1cccc(C(CN)C(C)N)c1. The largest absolute Gasteiger partial charge is 0.330 e. The van der Waals surface area contributed by atoms with Gasteiger partial charge >= 0.3 is 0 Å². The Hall–Kier alpha value is -0.860. The normalized spacial score (nSPS) is 15.3. The third-order valence-corrected chi connectivity index (χ3v) is 2.89. The van der Waals surface area contributed by atoms with Crippen molar-refractivity contribution in [2.45, 2.75) is 38.6 Å². The third kappa shape index (κ3) is 3.05. The zero-order chi connectivity index (χ0) is 11.4. The molecule has 1 rings (SSSR count). The maximum absolute atomic E-state index is 5.93. The minimum absolute atomic E-state index is 0.109. The number of hydrogen-bond donors (Lipinski definition) is 2. The summed E-state index contributed by atoms with van der Waals surface area (Å²) in [6.45, 7) is 7.02. The van der Waals surface area contributed by atoms with Gasteiger partial charge in [-0.05, 0) is 24.0 Å². The van der Waals surface area contributed by atoms with Crippen molar-refractivity contribution < 1.29 is 0 Å². The van der Waals surface area contributed by atoms with E-state index in [0.29, 0.717) is 12.5 Å². The highest BCUT2D eigenvalue weighted by Crippen LogP contribution is 2.22. The maximum Gasteiger partial charge on any atom is 0.0110 e. The van der Waals surface area contributed by atoms with Gasteiger partial charge < -0.3 is 11.5 Å². The van der Waals surface area contributed by atoms with Crippen LogP contribution >= 0.6 is 0 Å². The van der Waals surface area contributed by atoms with Gasteiger partial charge in [-0.25, -0.2) is 0 Å². The molecule has 0 aliphatic rings. The van der Waals surface area contributed by atoms with Gasteiger partial charge in [0.1, 0.15) is 0 Å². The van der Waals surface area contributed by atoms with Crippen LogP contribution in [0, 0.1) is 0 Å². The second kappa shape index (κ2) is 5.29. The molecule has 84 valence electrons. The Morgan fingerprint density at radius 2 is 1.73 bits per heavy atom. The van der Waals surface area contributed by atoms with Crippen LogP contribution in [0.1, 0.15) is 43.7 Å². The number of benzene rings is 1. The molecular formula is C13H22N2. The van der Waals surface area contributed by atoms with E-state index in [4.69, 9.17) is 11.5 Å². The summed E-state index contributed by atoms with van der Waals surface area (Å²) in [5.74, 6) is 0.820. The minimum Gasteiger partial charge on any atom is -0.330 e. The van der Waals surface area contributed by atoms with Crippen LogP contribution in [-0.4, -0.2) is 12.6 Å². The van der Waals surface area contributed by atoms with Crippen molar-refractivity contribution >= 4 is 0 Å². The summed E-state index contributed by atoms with van der Waals surface area (Å²) >= 11 is 0. The van der Waals surface area contributed by atoms with Gasteiger partial charge in [0, 0.05) is 18.5 Å². The Bertz CT molecular complexity index is 305. The second-order valence-corrected chi connectivity index (χ2v) is 4.53. The summed E-state index contributed by atoms with van der Waals surface area (Å²) < 4.78 is 0. The average molecular weight is 206 g/mol. The van der Waals surface area contributed by atoms with Crippen molar-refractivity contribution in [3.8, 4) is 0 Å². The fraction of sp³-hybridized carbons (Fsp3) is 0.538. The summed E-state index contributed by atoms with van der Waals surface area (Å²) in [5, 5.41) is 0. The Balaban J connectivity index is 2.98. The van der Waals surface area contributed by atoms with E-state index in [9.17, 15) is 0 Å². The Labute approximate surface area is 92.7 Å². The van der Waals surface area contributed by atoms with Crippen molar-refractivity contribution in [2.24, 2.45) is 11.5 Å². The van der Waals surface area contributed by atoms with Gasteiger partial charge in [0.15, 0.2) is 0 Å². The molecule has 15 heavy (non-hydrogen) atoms. The molecule has 2 unspecified atom stereocenters. The Morgan fingerprint density at radius 1 is 1.13 bits per heavy atom. The molecule has 0 fully saturated rings. The van der Waals surface area contributed by atoms with Gasteiger partial charge in [-0.1, -0.05) is 38.1 Å². The van der Waals surface area contributed by atoms with Crippen LogP contribution in [0.3, 0.4) is 0 Å². The fourth-order valence-corrected chi connectivity index (χ4v) is 1.80. The van der Waals surface area contributed by atoms with E-state index in [2.05, 4.69) is 38.1 Å². The molecule has 0 saturated heterocycles. The molecule has 2 nitrogen and oxygen atoms in total. The highest BCUT2D eigenvalue weighted by Gasteiger charge is 2.14. The zero-order valence-electron chi connectivity index (χ0n) is 9.90. The van der Waals surface area contributed by atoms with E-state index in [-0.39, 0.29) is 12.0 Å². The topological polar surface area (TPSA) is 52.0 Å². The molecule has 0 aliphatic heterocycles. The quantitative estimate of drug-likeness (QED) is 0.793. The molecule has 0 amide bonds. The van der Waals surface area contributed by atoms with Gasteiger partial charge in [0.05, 0.1) is 0 Å². The molecule has 0 heterocycles. The molecule has 0 aromatic heterocycles. The van der Waals surface area contributed by atoms with Gasteiger partial charge in [0.25, 0.3) is 0 Å². The number of hydrogen-bond acceptors (Lipinski definition) is 2. The second-order valence-electron chi connectivity index (χ2n) is 4.53. The van der Waals surface area contributed by atoms with Crippen molar-refractivity contribution in [2.75, 3.05) is 6.54 Å².